The highest BCUT2D eigenvalue weighted by molar-refractivity contribution is 7.91. The number of sulfone groups is 1. The van der Waals surface area contributed by atoms with Crippen LogP contribution in [-0.4, -0.2) is 33.0 Å². The first-order chi connectivity index (χ1) is 5.64. The Hall–Kier alpha value is -0.0900. The Balaban J connectivity index is 2.25. The van der Waals surface area contributed by atoms with Gasteiger partial charge in [0.25, 0.3) is 0 Å². The third-order valence-corrected chi connectivity index (χ3v) is 4.18. The summed E-state index contributed by atoms with van der Waals surface area (Å²) in [7, 11) is -2.73. The van der Waals surface area contributed by atoms with Gasteiger partial charge < -0.3 is 5.32 Å². The number of hydrogen-bond acceptors (Lipinski definition) is 3. The van der Waals surface area contributed by atoms with E-state index in [1.54, 1.807) is 6.92 Å². The fraction of sp³-hybridized carbons (Fsp3) is 1.00. The second-order valence-corrected chi connectivity index (χ2v) is 5.86. The second-order valence-electron chi connectivity index (χ2n) is 3.38. The summed E-state index contributed by atoms with van der Waals surface area (Å²) in [5.41, 5.74) is 0. The molecule has 0 bridgehead atoms. The first-order valence-corrected chi connectivity index (χ1v) is 6.37. The maximum absolute atomic E-state index is 11.1. The van der Waals surface area contributed by atoms with Crippen LogP contribution >= 0.6 is 0 Å². The molecule has 1 unspecified atom stereocenters. The van der Waals surface area contributed by atoms with Gasteiger partial charge in [-0.2, -0.15) is 0 Å². The molecule has 72 valence electrons. The summed E-state index contributed by atoms with van der Waals surface area (Å²) in [4.78, 5) is 0. The molecule has 0 aliphatic carbocycles. The fourth-order valence-corrected chi connectivity index (χ4v) is 2.43. The van der Waals surface area contributed by atoms with E-state index in [1.165, 1.54) is 0 Å². The quantitative estimate of drug-likeness (QED) is 0.700. The lowest BCUT2D eigenvalue weighted by atomic mass is 10.1. The van der Waals surface area contributed by atoms with E-state index in [-0.39, 0.29) is 5.75 Å². The van der Waals surface area contributed by atoms with Gasteiger partial charge in [0.2, 0.25) is 0 Å². The van der Waals surface area contributed by atoms with Crippen molar-refractivity contribution in [3.63, 3.8) is 0 Å². The van der Waals surface area contributed by atoms with Crippen molar-refractivity contribution in [1.82, 2.24) is 5.32 Å². The molecule has 0 saturated carbocycles. The van der Waals surface area contributed by atoms with Crippen molar-refractivity contribution in [2.75, 3.05) is 24.6 Å². The molecule has 0 aromatic rings. The van der Waals surface area contributed by atoms with Gasteiger partial charge in [-0.05, 0) is 31.8 Å². The zero-order valence-electron chi connectivity index (χ0n) is 7.54. The van der Waals surface area contributed by atoms with Crippen molar-refractivity contribution in [2.45, 2.75) is 19.8 Å². The molecular weight excluding hydrogens is 174 g/mol. The van der Waals surface area contributed by atoms with E-state index in [0.29, 0.717) is 11.7 Å². The molecule has 0 amide bonds. The highest BCUT2D eigenvalue weighted by Gasteiger charge is 2.17. The first kappa shape index (κ1) is 9.99. The van der Waals surface area contributed by atoms with Gasteiger partial charge >= 0.3 is 0 Å². The lowest BCUT2D eigenvalue weighted by molar-refractivity contribution is 0.546. The van der Waals surface area contributed by atoms with Gasteiger partial charge in [-0.15, -0.1) is 0 Å². The predicted octanol–water partition coefficient (Wildman–Crippen LogP) is 0.421. The normalized spacial score (nSPS) is 24.6. The molecule has 1 N–H and O–H groups in total. The molecule has 1 aliphatic heterocycles. The van der Waals surface area contributed by atoms with Gasteiger partial charge in [0.1, 0.15) is 9.84 Å². The summed E-state index contributed by atoms with van der Waals surface area (Å²) < 4.78 is 22.3. The minimum Gasteiger partial charge on any atom is -0.316 e. The summed E-state index contributed by atoms with van der Waals surface area (Å²) in [5.74, 6) is 1.24. The summed E-state index contributed by atoms with van der Waals surface area (Å²) in [5, 5.41) is 3.23. The molecule has 0 spiro atoms. The lowest BCUT2D eigenvalue weighted by Gasteiger charge is -2.06. The minimum atomic E-state index is -2.73. The van der Waals surface area contributed by atoms with E-state index in [1.807, 2.05) is 0 Å². The Labute approximate surface area is 74.5 Å². The van der Waals surface area contributed by atoms with Crippen molar-refractivity contribution < 1.29 is 8.42 Å². The number of hydrogen-bond donors (Lipinski definition) is 1. The van der Waals surface area contributed by atoms with Crippen LogP contribution in [0.3, 0.4) is 0 Å². The van der Waals surface area contributed by atoms with Gasteiger partial charge in [0.15, 0.2) is 0 Å². The standard InChI is InChI=1S/C8H17NO2S/c1-2-12(10,11)6-4-8-3-5-9-7-8/h8-9H,2-7H2,1H3. The van der Waals surface area contributed by atoms with Crippen LogP contribution in [0.2, 0.25) is 0 Å². The monoisotopic (exact) mass is 191 g/mol. The minimum absolute atomic E-state index is 0.285. The maximum Gasteiger partial charge on any atom is 0.150 e. The zero-order chi connectivity index (χ0) is 9.03. The van der Waals surface area contributed by atoms with Crippen molar-refractivity contribution >= 4 is 9.84 Å². The topological polar surface area (TPSA) is 46.2 Å². The second kappa shape index (κ2) is 4.23. The smallest absolute Gasteiger partial charge is 0.150 e. The third-order valence-electron chi connectivity index (χ3n) is 2.44. The van der Waals surface area contributed by atoms with Crippen LogP contribution in [0, 0.1) is 5.92 Å². The van der Waals surface area contributed by atoms with Crippen LogP contribution < -0.4 is 5.32 Å². The molecule has 0 aromatic carbocycles. The van der Waals surface area contributed by atoms with Crippen LogP contribution in [-0.2, 0) is 9.84 Å². The van der Waals surface area contributed by atoms with Crippen molar-refractivity contribution in [2.24, 2.45) is 5.92 Å². The highest BCUT2D eigenvalue weighted by Crippen LogP contribution is 2.13. The molecule has 0 radical (unpaired) electrons. The van der Waals surface area contributed by atoms with Gasteiger partial charge in [0.05, 0.1) is 5.75 Å². The lowest BCUT2D eigenvalue weighted by Crippen LogP contribution is -2.15. The highest BCUT2D eigenvalue weighted by atomic mass is 32.2. The van der Waals surface area contributed by atoms with Crippen LogP contribution in [0.1, 0.15) is 19.8 Å². The molecule has 1 rings (SSSR count). The predicted molar refractivity (Wildman–Crippen MR) is 49.9 cm³/mol. The average Bonchev–Trinajstić information content (AvgIpc) is 2.53. The van der Waals surface area contributed by atoms with E-state index >= 15 is 0 Å². The van der Waals surface area contributed by atoms with Crippen LogP contribution in [0.4, 0.5) is 0 Å². The molecule has 0 aromatic heterocycles. The summed E-state index contributed by atoms with van der Waals surface area (Å²) in [6.45, 7) is 3.76. The van der Waals surface area contributed by atoms with E-state index in [2.05, 4.69) is 5.32 Å². The SMILES string of the molecule is CCS(=O)(=O)CCC1CCNC1. The molecule has 1 atom stereocenters. The van der Waals surface area contributed by atoms with Gasteiger partial charge in [0, 0.05) is 5.75 Å². The van der Waals surface area contributed by atoms with Crippen LogP contribution in [0.5, 0.6) is 0 Å². The molecular formula is C8H17NO2S. The largest absolute Gasteiger partial charge is 0.316 e. The first-order valence-electron chi connectivity index (χ1n) is 4.55. The molecule has 1 saturated heterocycles. The van der Waals surface area contributed by atoms with E-state index in [4.69, 9.17) is 0 Å². The third kappa shape index (κ3) is 3.11. The Morgan fingerprint density at radius 3 is 2.75 bits per heavy atom. The molecule has 3 nitrogen and oxygen atoms in total. The van der Waals surface area contributed by atoms with Crippen molar-refractivity contribution in [1.29, 1.82) is 0 Å². The maximum atomic E-state index is 11.1. The van der Waals surface area contributed by atoms with Gasteiger partial charge in [-0.3, -0.25) is 0 Å². The molecule has 12 heavy (non-hydrogen) atoms. The number of rotatable bonds is 4. The molecule has 1 fully saturated rings. The van der Waals surface area contributed by atoms with Crippen LogP contribution in [0.25, 0.3) is 0 Å². The van der Waals surface area contributed by atoms with Gasteiger partial charge in [-0.1, -0.05) is 6.92 Å². The van der Waals surface area contributed by atoms with Crippen LogP contribution in [0.15, 0.2) is 0 Å². The average molecular weight is 191 g/mol. The molecule has 4 heteroatoms. The van der Waals surface area contributed by atoms with E-state index in [0.717, 1.165) is 25.9 Å². The Morgan fingerprint density at radius 1 is 1.50 bits per heavy atom. The van der Waals surface area contributed by atoms with Crippen molar-refractivity contribution in [3.05, 3.63) is 0 Å². The van der Waals surface area contributed by atoms with E-state index < -0.39 is 9.84 Å². The van der Waals surface area contributed by atoms with E-state index in [9.17, 15) is 8.42 Å². The molecule has 1 heterocycles. The van der Waals surface area contributed by atoms with Crippen molar-refractivity contribution in [3.8, 4) is 0 Å². The Kier molecular flexibility index (Phi) is 3.53. The summed E-state index contributed by atoms with van der Waals surface area (Å²) in [6, 6.07) is 0. The number of nitrogens with one attached hydrogen (secondary N) is 1. The van der Waals surface area contributed by atoms with Gasteiger partial charge in [-0.25, -0.2) is 8.42 Å². The Bertz CT molecular complexity index is 217. The summed E-state index contributed by atoms with van der Waals surface area (Å²) in [6.07, 6.45) is 1.97. The zero-order valence-corrected chi connectivity index (χ0v) is 8.36. The fourth-order valence-electron chi connectivity index (χ4n) is 1.45. The Morgan fingerprint density at radius 2 is 2.25 bits per heavy atom. The molecule has 1 aliphatic rings. The summed E-state index contributed by atoms with van der Waals surface area (Å²) >= 11 is 0.